The third kappa shape index (κ3) is 1.32. The summed E-state index contributed by atoms with van der Waals surface area (Å²) in [5.74, 6) is 0.271. The van der Waals surface area contributed by atoms with Gasteiger partial charge in [0.15, 0.2) is 0 Å². The van der Waals surface area contributed by atoms with Crippen molar-refractivity contribution in [3.63, 3.8) is 0 Å². The summed E-state index contributed by atoms with van der Waals surface area (Å²) in [6.07, 6.45) is 0. The van der Waals surface area contributed by atoms with Crippen molar-refractivity contribution in [2.45, 2.75) is 13.0 Å². The molecule has 0 spiro atoms. The van der Waals surface area contributed by atoms with Gasteiger partial charge in [0.25, 0.3) is 0 Å². The van der Waals surface area contributed by atoms with Crippen LogP contribution in [0.15, 0.2) is 18.2 Å². The molecule has 0 amide bonds. The first kappa shape index (κ1) is 9.30. The fourth-order valence-corrected chi connectivity index (χ4v) is 2.46. The first-order valence-corrected chi connectivity index (χ1v) is 5.17. The number of hydrogen-bond acceptors (Lipinski definition) is 4. The van der Waals surface area contributed by atoms with Gasteiger partial charge in [-0.1, -0.05) is 0 Å². The molecule has 2 aromatic rings. The van der Waals surface area contributed by atoms with Crippen molar-refractivity contribution >= 4 is 27.1 Å². The van der Waals surface area contributed by atoms with Crippen LogP contribution in [-0.4, -0.2) is 5.11 Å². The minimum atomic E-state index is -0.145. The molecule has 0 fully saturated rings. The second-order valence-corrected chi connectivity index (χ2v) is 4.44. The van der Waals surface area contributed by atoms with E-state index in [0.29, 0.717) is 5.69 Å². The Morgan fingerprint density at radius 2 is 2.14 bits per heavy atom. The number of anilines is 1. The Morgan fingerprint density at radius 3 is 2.79 bits per heavy atom. The molecule has 5 N–H and O–H groups in total. The lowest BCUT2D eigenvalue weighted by atomic mass is 10.2. The Hall–Kier alpha value is -1.26. The van der Waals surface area contributed by atoms with Gasteiger partial charge in [-0.25, -0.2) is 0 Å². The molecule has 74 valence electrons. The SMILES string of the molecule is CC(N)c1sc2ccc(N)cc2c1O. The van der Waals surface area contributed by atoms with Crippen LogP contribution in [0.4, 0.5) is 5.69 Å². The molecule has 0 aliphatic heterocycles. The van der Waals surface area contributed by atoms with Crippen LogP contribution in [0.2, 0.25) is 0 Å². The van der Waals surface area contributed by atoms with E-state index in [1.807, 2.05) is 19.1 Å². The molecule has 14 heavy (non-hydrogen) atoms. The maximum Gasteiger partial charge on any atom is 0.138 e. The van der Waals surface area contributed by atoms with E-state index < -0.39 is 0 Å². The second kappa shape index (κ2) is 3.15. The number of thiophene rings is 1. The van der Waals surface area contributed by atoms with Crippen molar-refractivity contribution in [3.8, 4) is 5.75 Å². The first-order chi connectivity index (χ1) is 6.59. The molecule has 1 unspecified atom stereocenters. The van der Waals surface area contributed by atoms with Crippen molar-refractivity contribution in [3.05, 3.63) is 23.1 Å². The van der Waals surface area contributed by atoms with Gasteiger partial charge in [-0.2, -0.15) is 0 Å². The number of benzene rings is 1. The monoisotopic (exact) mass is 208 g/mol. The molecular formula is C10H12N2OS. The minimum Gasteiger partial charge on any atom is -0.506 e. The second-order valence-electron chi connectivity index (χ2n) is 3.36. The van der Waals surface area contributed by atoms with Crippen molar-refractivity contribution in [1.29, 1.82) is 0 Å². The molecule has 4 heteroatoms. The van der Waals surface area contributed by atoms with E-state index in [0.717, 1.165) is 15.0 Å². The molecule has 1 heterocycles. The lowest BCUT2D eigenvalue weighted by molar-refractivity contribution is 0.474. The van der Waals surface area contributed by atoms with Crippen LogP contribution in [0.1, 0.15) is 17.8 Å². The largest absolute Gasteiger partial charge is 0.506 e. The Labute approximate surface area is 86.0 Å². The smallest absolute Gasteiger partial charge is 0.138 e. The molecular weight excluding hydrogens is 196 g/mol. The van der Waals surface area contributed by atoms with Crippen LogP contribution in [0.5, 0.6) is 5.75 Å². The standard InChI is InChI=1S/C10H12N2OS/c1-5(11)10-9(13)7-4-6(12)2-3-8(7)14-10/h2-5,13H,11-12H2,1H3. The van der Waals surface area contributed by atoms with Crippen LogP contribution in [0, 0.1) is 0 Å². The minimum absolute atomic E-state index is 0.145. The first-order valence-electron chi connectivity index (χ1n) is 4.36. The molecule has 1 aromatic heterocycles. The predicted molar refractivity (Wildman–Crippen MR) is 60.5 cm³/mol. The molecule has 0 bridgehead atoms. The zero-order valence-corrected chi connectivity index (χ0v) is 8.64. The highest BCUT2D eigenvalue weighted by atomic mass is 32.1. The molecule has 0 aliphatic carbocycles. The van der Waals surface area contributed by atoms with Gasteiger partial charge in [0, 0.05) is 21.8 Å². The Bertz CT molecular complexity index is 476. The summed E-state index contributed by atoms with van der Waals surface area (Å²) in [7, 11) is 0. The van der Waals surface area contributed by atoms with Crippen molar-refractivity contribution in [2.75, 3.05) is 5.73 Å². The quantitative estimate of drug-likeness (QED) is 0.629. The zero-order valence-electron chi connectivity index (χ0n) is 7.82. The highest BCUT2D eigenvalue weighted by Gasteiger charge is 2.13. The van der Waals surface area contributed by atoms with Crippen LogP contribution in [0.3, 0.4) is 0 Å². The van der Waals surface area contributed by atoms with Gasteiger partial charge >= 0.3 is 0 Å². The van der Waals surface area contributed by atoms with Gasteiger partial charge in [0.05, 0.1) is 4.88 Å². The molecule has 0 saturated heterocycles. The topological polar surface area (TPSA) is 72.3 Å². The Kier molecular flexibility index (Phi) is 2.09. The molecule has 1 aromatic carbocycles. The number of nitrogens with two attached hydrogens (primary N) is 2. The summed E-state index contributed by atoms with van der Waals surface area (Å²) in [5, 5.41) is 10.7. The van der Waals surface area contributed by atoms with E-state index in [2.05, 4.69) is 0 Å². The van der Waals surface area contributed by atoms with Gasteiger partial charge in [-0.05, 0) is 25.1 Å². The summed E-state index contributed by atoms with van der Waals surface area (Å²) in [6.45, 7) is 1.85. The van der Waals surface area contributed by atoms with Crippen LogP contribution < -0.4 is 11.5 Å². The van der Waals surface area contributed by atoms with E-state index >= 15 is 0 Å². The average Bonchev–Trinajstić information content (AvgIpc) is 2.44. The van der Waals surface area contributed by atoms with E-state index in [1.165, 1.54) is 11.3 Å². The molecule has 3 nitrogen and oxygen atoms in total. The normalized spacial score (nSPS) is 13.3. The highest BCUT2D eigenvalue weighted by Crippen LogP contribution is 2.40. The molecule has 1 atom stereocenters. The summed E-state index contributed by atoms with van der Waals surface area (Å²) in [6, 6.07) is 5.35. The molecule has 0 radical (unpaired) electrons. The Balaban J connectivity index is 2.74. The summed E-state index contributed by atoms with van der Waals surface area (Å²) in [5.41, 5.74) is 12.0. The van der Waals surface area contributed by atoms with E-state index in [1.54, 1.807) is 6.07 Å². The fraction of sp³-hybridized carbons (Fsp3) is 0.200. The maximum absolute atomic E-state index is 9.86. The van der Waals surface area contributed by atoms with Gasteiger partial charge < -0.3 is 16.6 Å². The highest BCUT2D eigenvalue weighted by molar-refractivity contribution is 7.19. The maximum atomic E-state index is 9.86. The predicted octanol–water partition coefficient (Wildman–Crippen LogP) is 2.21. The summed E-state index contributed by atoms with van der Waals surface area (Å²) >= 11 is 1.51. The van der Waals surface area contributed by atoms with Crippen molar-refractivity contribution < 1.29 is 5.11 Å². The lowest BCUT2D eigenvalue weighted by Gasteiger charge is -2.00. The number of rotatable bonds is 1. The van der Waals surface area contributed by atoms with Crippen LogP contribution in [0.25, 0.3) is 10.1 Å². The number of nitrogen functional groups attached to an aromatic ring is 1. The lowest BCUT2D eigenvalue weighted by Crippen LogP contribution is -2.02. The van der Waals surface area contributed by atoms with Gasteiger partial charge in [0.1, 0.15) is 5.75 Å². The average molecular weight is 208 g/mol. The van der Waals surface area contributed by atoms with Crippen LogP contribution >= 0.6 is 11.3 Å². The van der Waals surface area contributed by atoms with Gasteiger partial charge in [-0.3, -0.25) is 0 Å². The Morgan fingerprint density at radius 1 is 1.43 bits per heavy atom. The van der Waals surface area contributed by atoms with Crippen LogP contribution in [-0.2, 0) is 0 Å². The number of aromatic hydroxyl groups is 1. The van der Waals surface area contributed by atoms with E-state index in [9.17, 15) is 5.11 Å². The molecule has 0 aliphatic rings. The van der Waals surface area contributed by atoms with E-state index in [-0.39, 0.29) is 11.8 Å². The van der Waals surface area contributed by atoms with Gasteiger partial charge in [-0.15, -0.1) is 11.3 Å². The number of fused-ring (bicyclic) bond motifs is 1. The van der Waals surface area contributed by atoms with E-state index in [4.69, 9.17) is 11.5 Å². The number of hydrogen-bond donors (Lipinski definition) is 3. The van der Waals surface area contributed by atoms with Crippen molar-refractivity contribution in [2.24, 2.45) is 5.73 Å². The molecule has 0 saturated carbocycles. The third-order valence-corrected chi connectivity index (χ3v) is 3.49. The molecule has 2 rings (SSSR count). The van der Waals surface area contributed by atoms with Gasteiger partial charge in [0.2, 0.25) is 0 Å². The summed E-state index contributed by atoms with van der Waals surface area (Å²) in [4.78, 5) is 0.811. The zero-order chi connectivity index (χ0) is 10.3. The summed E-state index contributed by atoms with van der Waals surface area (Å²) < 4.78 is 1.02. The fourth-order valence-electron chi connectivity index (χ4n) is 1.43. The third-order valence-electron chi connectivity index (χ3n) is 2.13. The van der Waals surface area contributed by atoms with Crippen molar-refractivity contribution in [1.82, 2.24) is 0 Å².